The summed E-state index contributed by atoms with van der Waals surface area (Å²) in [6.07, 6.45) is 6.46. The molecule has 2 fully saturated rings. The van der Waals surface area contributed by atoms with E-state index in [9.17, 15) is 9.59 Å². The van der Waals surface area contributed by atoms with Gasteiger partial charge in [-0.15, -0.1) is 0 Å². The van der Waals surface area contributed by atoms with Gasteiger partial charge in [0.05, 0.1) is 16.9 Å². The highest BCUT2D eigenvalue weighted by Crippen LogP contribution is 2.37. The van der Waals surface area contributed by atoms with Crippen molar-refractivity contribution in [3.05, 3.63) is 0 Å². The van der Waals surface area contributed by atoms with Crippen LogP contribution in [0.1, 0.15) is 44.9 Å². The molecule has 1 saturated heterocycles. The molecule has 1 saturated carbocycles. The van der Waals surface area contributed by atoms with Crippen molar-refractivity contribution < 1.29 is 9.59 Å². The molecule has 0 aromatic rings. The summed E-state index contributed by atoms with van der Waals surface area (Å²) >= 11 is 5.25. The van der Waals surface area contributed by atoms with Crippen LogP contribution in [0.15, 0.2) is 0 Å². The first-order valence-electron chi connectivity index (χ1n) is 7.80. The molecular formula is C15H25N3O2S. The second-order valence-electron chi connectivity index (χ2n) is 6.26. The van der Waals surface area contributed by atoms with E-state index < -0.39 is 5.41 Å². The van der Waals surface area contributed by atoms with Crippen LogP contribution in [0.3, 0.4) is 0 Å². The minimum atomic E-state index is -0.727. The maximum absolute atomic E-state index is 13.1. The van der Waals surface area contributed by atoms with Crippen LogP contribution in [0.2, 0.25) is 0 Å². The summed E-state index contributed by atoms with van der Waals surface area (Å²) in [5.41, 5.74) is 5.24. The van der Waals surface area contributed by atoms with Crippen molar-refractivity contribution in [1.82, 2.24) is 9.80 Å². The summed E-state index contributed by atoms with van der Waals surface area (Å²) in [6.45, 7) is 1.46. The molecule has 2 rings (SSSR count). The monoisotopic (exact) mass is 311 g/mol. The molecule has 5 nitrogen and oxygen atoms in total. The Labute approximate surface area is 131 Å². The summed E-state index contributed by atoms with van der Waals surface area (Å²) in [5, 5.41) is 0. The highest BCUT2D eigenvalue weighted by atomic mass is 32.1. The highest BCUT2D eigenvalue weighted by Gasteiger charge is 2.44. The van der Waals surface area contributed by atoms with E-state index in [1.807, 2.05) is 0 Å². The van der Waals surface area contributed by atoms with Crippen LogP contribution >= 0.6 is 12.2 Å². The number of hydrogen-bond acceptors (Lipinski definition) is 3. The summed E-state index contributed by atoms with van der Waals surface area (Å²) in [5.74, 6) is -0.0342. The largest absolute Gasteiger partial charge is 0.392 e. The van der Waals surface area contributed by atoms with Crippen molar-refractivity contribution in [2.45, 2.75) is 44.9 Å². The molecule has 0 atom stereocenters. The number of carbonyl (C=O) groups is 2. The lowest BCUT2D eigenvalue weighted by Crippen LogP contribution is -2.52. The zero-order valence-corrected chi connectivity index (χ0v) is 13.6. The van der Waals surface area contributed by atoms with E-state index in [1.165, 1.54) is 0 Å². The zero-order chi connectivity index (χ0) is 15.5. The number of hydrogen-bond donors (Lipinski definition) is 1. The number of carbonyl (C=O) groups excluding carboxylic acids is 2. The Morgan fingerprint density at radius 2 is 1.76 bits per heavy atom. The molecule has 2 aliphatic rings. The van der Waals surface area contributed by atoms with E-state index in [0.29, 0.717) is 18.1 Å². The second kappa shape index (κ2) is 6.73. The van der Waals surface area contributed by atoms with Gasteiger partial charge in [-0.2, -0.15) is 0 Å². The Kier molecular flexibility index (Phi) is 5.19. The van der Waals surface area contributed by atoms with Crippen molar-refractivity contribution in [3.8, 4) is 0 Å². The van der Waals surface area contributed by atoms with Gasteiger partial charge in [-0.1, -0.05) is 37.9 Å². The molecule has 2 amide bonds. The second-order valence-corrected chi connectivity index (χ2v) is 6.70. The summed E-state index contributed by atoms with van der Waals surface area (Å²) in [7, 11) is 1.78. The first kappa shape index (κ1) is 16.2. The van der Waals surface area contributed by atoms with Crippen LogP contribution in [0.25, 0.3) is 0 Å². The third-order valence-electron chi connectivity index (χ3n) is 4.80. The van der Waals surface area contributed by atoms with Crippen molar-refractivity contribution >= 4 is 29.0 Å². The molecular weight excluding hydrogens is 286 g/mol. The van der Waals surface area contributed by atoms with E-state index in [2.05, 4.69) is 0 Å². The lowest BCUT2D eigenvalue weighted by molar-refractivity contribution is -0.143. The smallest absolute Gasteiger partial charge is 0.241 e. The summed E-state index contributed by atoms with van der Waals surface area (Å²) < 4.78 is 0. The van der Waals surface area contributed by atoms with Gasteiger partial charge in [0.1, 0.15) is 0 Å². The Morgan fingerprint density at radius 3 is 2.33 bits per heavy atom. The standard InChI is InChI=1S/C15H25N3O2S/c1-17-9-6-10-18(11-12(17)19)14(20)15(13(16)21)7-4-2-3-5-8-15/h2-11H2,1H3,(H2,16,21). The van der Waals surface area contributed by atoms with E-state index in [4.69, 9.17) is 18.0 Å². The molecule has 6 heteroatoms. The molecule has 118 valence electrons. The number of amides is 2. The minimum Gasteiger partial charge on any atom is -0.392 e. The van der Waals surface area contributed by atoms with E-state index in [0.717, 1.165) is 44.9 Å². The van der Waals surface area contributed by atoms with Crippen LogP contribution in [-0.4, -0.2) is 53.3 Å². The van der Waals surface area contributed by atoms with Crippen molar-refractivity contribution in [3.63, 3.8) is 0 Å². The molecule has 1 aliphatic heterocycles. The first-order chi connectivity index (χ1) is 9.97. The normalized spacial score (nSPS) is 23.4. The third kappa shape index (κ3) is 3.36. The number of likely N-dealkylation sites (N-methyl/N-ethyl adjacent to an activating group) is 1. The Hall–Kier alpha value is -1.17. The van der Waals surface area contributed by atoms with Crippen LogP contribution in [-0.2, 0) is 9.59 Å². The Balaban J connectivity index is 2.21. The maximum atomic E-state index is 13.1. The van der Waals surface area contributed by atoms with Gasteiger partial charge >= 0.3 is 0 Å². The Morgan fingerprint density at radius 1 is 1.14 bits per heavy atom. The third-order valence-corrected chi connectivity index (χ3v) is 5.19. The molecule has 21 heavy (non-hydrogen) atoms. The van der Waals surface area contributed by atoms with Crippen molar-refractivity contribution in [1.29, 1.82) is 0 Å². The SMILES string of the molecule is CN1CCCN(C(=O)C2(C(N)=S)CCCCCC2)CC1=O. The molecule has 0 bridgehead atoms. The lowest BCUT2D eigenvalue weighted by Gasteiger charge is -2.35. The van der Waals surface area contributed by atoms with Crippen LogP contribution in [0.4, 0.5) is 0 Å². The fourth-order valence-corrected chi connectivity index (χ4v) is 3.65. The minimum absolute atomic E-state index is 0.00689. The summed E-state index contributed by atoms with van der Waals surface area (Å²) in [4.78, 5) is 28.8. The van der Waals surface area contributed by atoms with Gasteiger partial charge < -0.3 is 15.5 Å². The Bertz CT molecular complexity index is 431. The van der Waals surface area contributed by atoms with E-state index in [-0.39, 0.29) is 18.4 Å². The molecule has 2 N–H and O–H groups in total. The molecule has 0 aromatic heterocycles. The van der Waals surface area contributed by atoms with Crippen molar-refractivity contribution in [2.24, 2.45) is 11.1 Å². The molecule has 0 spiro atoms. The lowest BCUT2D eigenvalue weighted by atomic mass is 9.78. The summed E-state index contributed by atoms with van der Waals surface area (Å²) in [6, 6.07) is 0. The molecule has 0 radical (unpaired) electrons. The van der Waals surface area contributed by atoms with Crippen LogP contribution < -0.4 is 5.73 Å². The molecule has 0 aromatic carbocycles. The number of thiocarbonyl (C=S) groups is 1. The van der Waals surface area contributed by atoms with Crippen LogP contribution in [0, 0.1) is 5.41 Å². The van der Waals surface area contributed by atoms with Gasteiger partial charge in [-0.05, 0) is 19.3 Å². The number of nitrogens with zero attached hydrogens (tertiary/aromatic N) is 2. The van der Waals surface area contributed by atoms with Crippen LogP contribution in [0.5, 0.6) is 0 Å². The van der Waals surface area contributed by atoms with E-state index >= 15 is 0 Å². The number of rotatable bonds is 2. The van der Waals surface area contributed by atoms with Gasteiger partial charge in [0, 0.05) is 20.1 Å². The average Bonchev–Trinajstić information content (AvgIpc) is 2.79. The van der Waals surface area contributed by atoms with E-state index in [1.54, 1.807) is 16.8 Å². The first-order valence-corrected chi connectivity index (χ1v) is 8.21. The van der Waals surface area contributed by atoms with Gasteiger partial charge in [-0.25, -0.2) is 0 Å². The quantitative estimate of drug-likeness (QED) is 0.617. The predicted octanol–water partition coefficient (Wildman–Crippen LogP) is 1.30. The van der Waals surface area contributed by atoms with Gasteiger partial charge in [0.2, 0.25) is 11.8 Å². The van der Waals surface area contributed by atoms with Gasteiger partial charge in [0.25, 0.3) is 0 Å². The molecule has 0 unspecified atom stereocenters. The van der Waals surface area contributed by atoms with Gasteiger partial charge in [0.15, 0.2) is 0 Å². The fraction of sp³-hybridized carbons (Fsp3) is 0.800. The topological polar surface area (TPSA) is 66.6 Å². The maximum Gasteiger partial charge on any atom is 0.241 e. The zero-order valence-electron chi connectivity index (χ0n) is 12.8. The molecule has 1 aliphatic carbocycles. The number of nitrogens with two attached hydrogens (primary N) is 1. The average molecular weight is 311 g/mol. The predicted molar refractivity (Wildman–Crippen MR) is 85.8 cm³/mol. The molecule has 1 heterocycles. The van der Waals surface area contributed by atoms with Gasteiger partial charge in [-0.3, -0.25) is 9.59 Å². The highest BCUT2D eigenvalue weighted by molar-refractivity contribution is 7.80. The van der Waals surface area contributed by atoms with Crippen molar-refractivity contribution in [2.75, 3.05) is 26.7 Å². The fourth-order valence-electron chi connectivity index (χ4n) is 3.36.